The highest BCUT2D eigenvalue weighted by molar-refractivity contribution is 7.43. The van der Waals surface area contributed by atoms with Gasteiger partial charge in [0.25, 0.3) is 5.76 Å². The third-order valence-electron chi connectivity index (χ3n) is 1.87. The molecule has 0 fully saturated rings. The lowest BCUT2D eigenvalue weighted by Gasteiger charge is -2.28. The summed E-state index contributed by atoms with van der Waals surface area (Å²) in [7, 11) is -5.49. The SMILES string of the molecule is O=C1O[C@H](C[C@@H](O)CO)C(O)=C1OP(=O)([O-])[O-]. The second-order valence-corrected chi connectivity index (χ2v) is 4.30. The third kappa shape index (κ3) is 3.69. The number of phosphoric acid groups is 1. The molecule has 0 saturated carbocycles. The smallest absolute Gasteiger partial charge is 0.378 e. The average Bonchev–Trinajstić information content (AvgIpc) is 2.44. The van der Waals surface area contributed by atoms with Gasteiger partial charge in [0.05, 0.1) is 12.7 Å². The molecule has 98 valence electrons. The maximum atomic E-state index is 11.0. The zero-order chi connectivity index (χ0) is 13.2. The topological polar surface area (TPSA) is 159 Å². The first kappa shape index (κ1) is 13.9. The van der Waals surface area contributed by atoms with E-state index in [1.54, 1.807) is 0 Å². The van der Waals surface area contributed by atoms with Gasteiger partial charge in [0.15, 0.2) is 11.9 Å². The van der Waals surface area contributed by atoms with Gasteiger partial charge in [0.1, 0.15) is 7.82 Å². The zero-order valence-corrected chi connectivity index (χ0v) is 9.20. The Balaban J connectivity index is 2.81. The van der Waals surface area contributed by atoms with Crippen molar-refractivity contribution in [2.75, 3.05) is 6.61 Å². The Morgan fingerprint density at radius 1 is 1.53 bits per heavy atom. The Kier molecular flexibility index (Phi) is 4.12. The van der Waals surface area contributed by atoms with E-state index in [2.05, 4.69) is 9.26 Å². The van der Waals surface area contributed by atoms with E-state index in [9.17, 15) is 24.3 Å². The fraction of sp³-hybridized carbons (Fsp3) is 0.571. The molecule has 0 aromatic carbocycles. The predicted octanol–water partition coefficient (Wildman–Crippen LogP) is -2.73. The van der Waals surface area contributed by atoms with Crippen LogP contribution in [0.2, 0.25) is 0 Å². The number of carbonyl (C=O) groups is 1. The van der Waals surface area contributed by atoms with Gasteiger partial charge >= 0.3 is 5.97 Å². The second kappa shape index (κ2) is 5.03. The van der Waals surface area contributed by atoms with E-state index in [-0.39, 0.29) is 6.42 Å². The number of esters is 1. The number of phosphoric ester groups is 1. The Labute approximate surface area is 95.1 Å². The first-order chi connectivity index (χ1) is 7.74. The van der Waals surface area contributed by atoms with Crippen molar-refractivity contribution >= 4 is 13.8 Å². The van der Waals surface area contributed by atoms with Gasteiger partial charge in [-0.1, -0.05) is 0 Å². The number of carbonyl (C=O) groups excluding carboxylic acids is 1. The van der Waals surface area contributed by atoms with E-state index in [1.807, 2.05) is 0 Å². The molecule has 1 heterocycles. The van der Waals surface area contributed by atoms with E-state index in [0.29, 0.717) is 0 Å². The highest BCUT2D eigenvalue weighted by Gasteiger charge is 2.37. The predicted molar refractivity (Wildman–Crippen MR) is 45.9 cm³/mol. The van der Waals surface area contributed by atoms with Crippen LogP contribution < -0.4 is 9.79 Å². The largest absolute Gasteiger partial charge is 0.780 e. The van der Waals surface area contributed by atoms with Crippen LogP contribution in [-0.2, 0) is 18.6 Å². The quantitative estimate of drug-likeness (QED) is 0.355. The van der Waals surface area contributed by atoms with Gasteiger partial charge in [-0.2, -0.15) is 0 Å². The van der Waals surface area contributed by atoms with Crippen LogP contribution in [0.15, 0.2) is 11.5 Å². The van der Waals surface area contributed by atoms with Crippen molar-refractivity contribution in [2.24, 2.45) is 0 Å². The maximum Gasteiger partial charge on any atom is 0.378 e. The van der Waals surface area contributed by atoms with Gasteiger partial charge in [-0.15, -0.1) is 0 Å². The van der Waals surface area contributed by atoms with Gasteiger partial charge in [-0.05, 0) is 0 Å². The molecule has 1 aliphatic rings. The summed E-state index contributed by atoms with van der Waals surface area (Å²) in [6.07, 6.45) is -2.99. The van der Waals surface area contributed by atoms with E-state index in [0.717, 1.165) is 0 Å². The van der Waals surface area contributed by atoms with Crippen molar-refractivity contribution in [3.63, 3.8) is 0 Å². The first-order valence-electron chi connectivity index (χ1n) is 4.39. The van der Waals surface area contributed by atoms with Gasteiger partial charge in [0.2, 0.25) is 0 Å². The van der Waals surface area contributed by atoms with Crippen LogP contribution >= 0.6 is 7.82 Å². The number of cyclic esters (lactones) is 1. The third-order valence-corrected chi connectivity index (χ3v) is 2.28. The Morgan fingerprint density at radius 3 is 2.59 bits per heavy atom. The molecule has 0 bridgehead atoms. The van der Waals surface area contributed by atoms with Crippen LogP contribution in [0, 0.1) is 0 Å². The number of aliphatic hydroxyl groups is 3. The second-order valence-electron chi connectivity index (χ2n) is 3.22. The number of rotatable bonds is 5. The maximum absolute atomic E-state index is 11.0. The molecule has 9 nitrogen and oxygen atoms in total. The summed E-state index contributed by atoms with van der Waals surface area (Å²) in [6.45, 7) is -0.640. The van der Waals surface area contributed by atoms with E-state index < -0.39 is 44.1 Å². The van der Waals surface area contributed by atoms with Crippen molar-refractivity contribution in [2.45, 2.75) is 18.6 Å². The van der Waals surface area contributed by atoms with E-state index in [1.165, 1.54) is 0 Å². The van der Waals surface area contributed by atoms with Crippen molar-refractivity contribution in [1.29, 1.82) is 0 Å². The lowest BCUT2D eigenvalue weighted by atomic mass is 10.1. The standard InChI is InChI=1S/C7H11O9P/c8-2-3(9)1-4-5(10)6(7(11)15-4)16-17(12,13)14/h3-4,8-10H,1-2H2,(H2,12,13,14)/p-2/t3-,4-/m1/s1. The van der Waals surface area contributed by atoms with Crippen molar-refractivity contribution in [3.8, 4) is 0 Å². The first-order valence-corrected chi connectivity index (χ1v) is 5.85. The number of hydrogen-bond acceptors (Lipinski definition) is 9. The highest BCUT2D eigenvalue weighted by Crippen LogP contribution is 2.35. The molecular weight excluding hydrogens is 259 g/mol. The van der Waals surface area contributed by atoms with Crippen LogP contribution in [0.25, 0.3) is 0 Å². The summed E-state index contributed by atoms with van der Waals surface area (Å²) in [4.78, 5) is 31.6. The summed E-state index contributed by atoms with van der Waals surface area (Å²) in [5.74, 6) is -3.35. The fourth-order valence-corrected chi connectivity index (χ4v) is 1.56. The van der Waals surface area contributed by atoms with Crippen LogP contribution in [0.3, 0.4) is 0 Å². The lowest BCUT2D eigenvalue weighted by molar-refractivity contribution is -0.338. The molecular formula is C7H9O9P-2. The van der Waals surface area contributed by atoms with Gasteiger partial charge in [0, 0.05) is 6.42 Å². The lowest BCUT2D eigenvalue weighted by Crippen LogP contribution is -2.22. The van der Waals surface area contributed by atoms with Gasteiger partial charge in [-0.25, -0.2) is 4.79 Å². The van der Waals surface area contributed by atoms with Gasteiger partial charge < -0.3 is 38.9 Å². The number of ether oxygens (including phenoxy) is 1. The van der Waals surface area contributed by atoms with E-state index in [4.69, 9.17) is 10.2 Å². The molecule has 0 spiro atoms. The molecule has 0 unspecified atom stereocenters. The molecule has 0 radical (unpaired) electrons. The Hall–Kier alpha value is -1.12. The van der Waals surface area contributed by atoms with Crippen molar-refractivity contribution < 1.29 is 43.7 Å². The summed E-state index contributed by atoms with van der Waals surface area (Å²) >= 11 is 0. The summed E-state index contributed by atoms with van der Waals surface area (Å²) < 4.78 is 18.4. The number of hydrogen-bond donors (Lipinski definition) is 3. The Morgan fingerprint density at radius 2 is 2.12 bits per heavy atom. The normalized spacial score (nSPS) is 22.6. The average molecular weight is 268 g/mol. The molecule has 1 rings (SSSR count). The minimum Gasteiger partial charge on any atom is -0.780 e. The van der Waals surface area contributed by atoms with Crippen LogP contribution in [0.4, 0.5) is 0 Å². The molecule has 0 saturated heterocycles. The summed E-state index contributed by atoms with van der Waals surface area (Å²) in [6, 6.07) is 0. The number of aliphatic hydroxyl groups excluding tert-OH is 3. The van der Waals surface area contributed by atoms with Crippen LogP contribution in [0.1, 0.15) is 6.42 Å². The Bertz CT molecular complexity index is 383. The molecule has 10 heteroatoms. The molecule has 0 aromatic rings. The van der Waals surface area contributed by atoms with Crippen LogP contribution in [0.5, 0.6) is 0 Å². The van der Waals surface area contributed by atoms with Crippen molar-refractivity contribution in [1.82, 2.24) is 0 Å². The molecule has 0 aromatic heterocycles. The van der Waals surface area contributed by atoms with Gasteiger partial charge in [-0.3, -0.25) is 0 Å². The molecule has 1 aliphatic heterocycles. The molecule has 2 atom stereocenters. The zero-order valence-electron chi connectivity index (χ0n) is 8.31. The fourth-order valence-electron chi connectivity index (χ4n) is 1.17. The minimum absolute atomic E-state index is 0.358. The molecule has 0 aliphatic carbocycles. The highest BCUT2D eigenvalue weighted by atomic mass is 31.2. The minimum atomic E-state index is -5.49. The summed E-state index contributed by atoms with van der Waals surface area (Å²) in [5.41, 5.74) is 0. The monoisotopic (exact) mass is 268 g/mol. The van der Waals surface area contributed by atoms with Crippen molar-refractivity contribution in [3.05, 3.63) is 11.5 Å². The molecule has 3 N–H and O–H groups in total. The molecule has 0 amide bonds. The van der Waals surface area contributed by atoms with Crippen LogP contribution in [-0.4, -0.2) is 40.1 Å². The van der Waals surface area contributed by atoms with E-state index >= 15 is 0 Å². The molecule has 17 heavy (non-hydrogen) atoms. The summed E-state index contributed by atoms with van der Waals surface area (Å²) in [5, 5.41) is 26.9.